The van der Waals surface area contributed by atoms with Crippen LogP contribution in [-0.2, 0) is 28.3 Å². The highest BCUT2D eigenvalue weighted by Crippen LogP contribution is 2.20. The number of nitrogens with zero attached hydrogens (tertiary/aromatic N) is 1. The molecule has 0 aliphatic heterocycles. The normalized spacial score (nSPS) is 11.8. The molecule has 36 heavy (non-hydrogen) atoms. The van der Waals surface area contributed by atoms with Crippen LogP contribution in [0.3, 0.4) is 0 Å². The molecule has 2 amide bonds. The van der Waals surface area contributed by atoms with Crippen molar-refractivity contribution in [3.63, 3.8) is 0 Å². The second kappa shape index (κ2) is 14.1. The molecule has 0 radical (unpaired) electrons. The summed E-state index contributed by atoms with van der Waals surface area (Å²) >= 11 is 7.65. The summed E-state index contributed by atoms with van der Waals surface area (Å²) in [6.45, 7) is 7.11. The minimum Gasteiger partial charge on any atom is -0.354 e. The Kier molecular flexibility index (Phi) is 10.9. The number of rotatable bonds is 12. The van der Waals surface area contributed by atoms with Gasteiger partial charge in [-0.25, -0.2) is 0 Å². The van der Waals surface area contributed by atoms with Crippen molar-refractivity contribution in [3.8, 4) is 0 Å². The van der Waals surface area contributed by atoms with Crippen LogP contribution in [0.2, 0.25) is 5.02 Å². The SMILES string of the molecule is Cc1ccc(CN(C(=O)CSCc2cccc(Cl)c2)[C@@H](Cc2ccccc2)C(=O)NCC(C)C)cc1. The third-order valence-electron chi connectivity index (χ3n) is 5.81. The number of aryl methyl sites for hydroxylation is 1. The first-order valence-electron chi connectivity index (χ1n) is 12.3. The first-order chi connectivity index (χ1) is 17.3. The van der Waals surface area contributed by atoms with Gasteiger partial charge in [0.05, 0.1) is 5.75 Å². The summed E-state index contributed by atoms with van der Waals surface area (Å²) in [6.07, 6.45) is 0.460. The van der Waals surface area contributed by atoms with Gasteiger partial charge in [0, 0.05) is 30.3 Å². The molecule has 0 aliphatic carbocycles. The smallest absolute Gasteiger partial charge is 0.243 e. The maximum Gasteiger partial charge on any atom is 0.243 e. The van der Waals surface area contributed by atoms with Crippen molar-refractivity contribution in [2.45, 2.75) is 45.5 Å². The van der Waals surface area contributed by atoms with Crippen molar-refractivity contribution in [1.29, 1.82) is 0 Å². The first kappa shape index (κ1) is 27.8. The zero-order valence-electron chi connectivity index (χ0n) is 21.2. The average molecular weight is 523 g/mol. The maximum atomic E-state index is 13.6. The quantitative estimate of drug-likeness (QED) is 0.304. The molecule has 190 valence electrons. The maximum absolute atomic E-state index is 13.6. The predicted molar refractivity (Wildman–Crippen MR) is 151 cm³/mol. The van der Waals surface area contributed by atoms with Crippen LogP contribution in [0.1, 0.15) is 36.1 Å². The van der Waals surface area contributed by atoms with Crippen LogP contribution < -0.4 is 5.32 Å². The van der Waals surface area contributed by atoms with Gasteiger partial charge in [0.2, 0.25) is 11.8 Å². The molecule has 6 heteroatoms. The molecule has 0 aromatic heterocycles. The molecule has 3 rings (SSSR count). The van der Waals surface area contributed by atoms with Crippen LogP contribution in [-0.4, -0.2) is 35.1 Å². The van der Waals surface area contributed by atoms with E-state index in [1.165, 1.54) is 11.8 Å². The Morgan fingerprint density at radius 3 is 2.28 bits per heavy atom. The average Bonchev–Trinajstić information content (AvgIpc) is 2.86. The Labute approximate surface area is 224 Å². The molecular weight excluding hydrogens is 488 g/mol. The van der Waals surface area contributed by atoms with Crippen molar-refractivity contribution < 1.29 is 9.59 Å². The molecule has 0 heterocycles. The highest BCUT2D eigenvalue weighted by Gasteiger charge is 2.30. The molecule has 0 spiro atoms. The van der Waals surface area contributed by atoms with Crippen molar-refractivity contribution in [1.82, 2.24) is 10.2 Å². The number of hydrogen-bond acceptors (Lipinski definition) is 3. The lowest BCUT2D eigenvalue weighted by Gasteiger charge is -2.32. The number of carbonyl (C=O) groups is 2. The summed E-state index contributed by atoms with van der Waals surface area (Å²) in [4.78, 5) is 28.8. The fourth-order valence-corrected chi connectivity index (χ4v) is 4.90. The van der Waals surface area contributed by atoms with Crippen LogP contribution in [0, 0.1) is 12.8 Å². The van der Waals surface area contributed by atoms with Gasteiger partial charge >= 0.3 is 0 Å². The topological polar surface area (TPSA) is 49.4 Å². The molecule has 0 aliphatic rings. The molecule has 0 saturated carbocycles. The van der Waals surface area contributed by atoms with E-state index in [0.29, 0.717) is 36.2 Å². The number of benzene rings is 3. The number of halogens is 1. The highest BCUT2D eigenvalue weighted by atomic mass is 35.5. The molecule has 0 bridgehead atoms. The van der Waals surface area contributed by atoms with Gasteiger partial charge in [-0.15, -0.1) is 11.8 Å². The molecule has 3 aromatic carbocycles. The molecular formula is C30H35ClN2O2S. The van der Waals surface area contributed by atoms with E-state index >= 15 is 0 Å². The Morgan fingerprint density at radius 2 is 1.61 bits per heavy atom. The number of thioether (sulfide) groups is 1. The van der Waals surface area contributed by atoms with Crippen molar-refractivity contribution >= 4 is 35.2 Å². The lowest BCUT2D eigenvalue weighted by Crippen LogP contribution is -2.51. The van der Waals surface area contributed by atoms with Crippen LogP contribution in [0.4, 0.5) is 0 Å². The zero-order valence-corrected chi connectivity index (χ0v) is 22.8. The summed E-state index contributed by atoms with van der Waals surface area (Å²) in [7, 11) is 0. The molecule has 1 N–H and O–H groups in total. The number of hydrogen-bond donors (Lipinski definition) is 1. The van der Waals surface area contributed by atoms with E-state index in [1.54, 1.807) is 4.90 Å². The van der Waals surface area contributed by atoms with Gasteiger partial charge in [-0.2, -0.15) is 0 Å². The third-order valence-corrected chi connectivity index (χ3v) is 7.04. The highest BCUT2D eigenvalue weighted by molar-refractivity contribution is 7.99. The van der Waals surface area contributed by atoms with Gasteiger partial charge in [-0.1, -0.05) is 97.7 Å². The summed E-state index contributed by atoms with van der Waals surface area (Å²) in [5.74, 6) is 1.10. The minimum absolute atomic E-state index is 0.0526. The monoisotopic (exact) mass is 522 g/mol. The van der Waals surface area contributed by atoms with E-state index in [4.69, 9.17) is 11.6 Å². The molecule has 0 unspecified atom stereocenters. The zero-order chi connectivity index (χ0) is 25.9. The second-order valence-electron chi connectivity index (χ2n) is 9.47. The van der Waals surface area contributed by atoms with E-state index in [0.717, 1.165) is 22.3 Å². The summed E-state index contributed by atoms with van der Waals surface area (Å²) in [5.41, 5.74) is 4.25. The predicted octanol–water partition coefficient (Wildman–Crippen LogP) is 6.29. The van der Waals surface area contributed by atoms with Crippen LogP contribution >= 0.6 is 23.4 Å². The Balaban J connectivity index is 1.83. The second-order valence-corrected chi connectivity index (χ2v) is 10.9. The summed E-state index contributed by atoms with van der Waals surface area (Å²) in [5, 5.41) is 3.75. The lowest BCUT2D eigenvalue weighted by molar-refractivity contribution is -0.139. The Morgan fingerprint density at radius 1 is 0.917 bits per heavy atom. The first-order valence-corrected chi connectivity index (χ1v) is 13.8. The standard InChI is InChI=1S/C30H35ClN2O2S/c1-22(2)18-32-30(35)28(17-24-8-5-4-6-9-24)33(19-25-14-12-23(3)13-15-25)29(34)21-36-20-26-10-7-11-27(31)16-26/h4-16,22,28H,17-21H2,1-3H3,(H,32,35)/t28-/m0/s1. The minimum atomic E-state index is -0.605. The van der Waals surface area contributed by atoms with Crippen LogP contribution in [0.5, 0.6) is 0 Å². The van der Waals surface area contributed by atoms with E-state index < -0.39 is 6.04 Å². The Bertz CT molecular complexity index is 1120. The summed E-state index contributed by atoms with van der Waals surface area (Å²) in [6, 6.07) is 25.1. The summed E-state index contributed by atoms with van der Waals surface area (Å²) < 4.78 is 0. The van der Waals surface area contributed by atoms with Gasteiger partial charge in [0.1, 0.15) is 6.04 Å². The van der Waals surface area contributed by atoms with Gasteiger partial charge in [-0.3, -0.25) is 9.59 Å². The van der Waals surface area contributed by atoms with Crippen molar-refractivity contribution in [3.05, 3.63) is 106 Å². The molecule has 0 saturated heterocycles. The number of nitrogens with one attached hydrogen (secondary N) is 1. The van der Waals surface area contributed by atoms with Crippen LogP contribution in [0.25, 0.3) is 0 Å². The van der Waals surface area contributed by atoms with Gasteiger partial charge in [-0.05, 0) is 41.7 Å². The van der Waals surface area contributed by atoms with Crippen molar-refractivity contribution in [2.75, 3.05) is 12.3 Å². The lowest BCUT2D eigenvalue weighted by atomic mass is 10.0. The molecule has 1 atom stereocenters. The van der Waals surface area contributed by atoms with Gasteiger partial charge in [0.25, 0.3) is 0 Å². The molecule has 3 aromatic rings. The van der Waals surface area contributed by atoms with Crippen molar-refractivity contribution in [2.24, 2.45) is 5.92 Å². The van der Waals surface area contributed by atoms with Gasteiger partial charge in [0.15, 0.2) is 0 Å². The van der Waals surface area contributed by atoms with E-state index in [9.17, 15) is 9.59 Å². The van der Waals surface area contributed by atoms with Crippen LogP contribution in [0.15, 0.2) is 78.9 Å². The molecule has 0 fully saturated rings. The Hall–Kier alpha value is -2.76. The van der Waals surface area contributed by atoms with E-state index in [1.807, 2.05) is 85.8 Å². The number of carbonyl (C=O) groups excluding carboxylic acids is 2. The van der Waals surface area contributed by atoms with E-state index in [2.05, 4.69) is 19.2 Å². The molecule has 4 nitrogen and oxygen atoms in total. The number of amides is 2. The largest absolute Gasteiger partial charge is 0.354 e. The van der Waals surface area contributed by atoms with E-state index in [-0.39, 0.29) is 17.6 Å². The van der Waals surface area contributed by atoms with Gasteiger partial charge < -0.3 is 10.2 Å². The third kappa shape index (κ3) is 9.03. The fraction of sp³-hybridized carbons (Fsp3) is 0.333. The fourth-order valence-electron chi connectivity index (χ4n) is 3.83.